The second-order valence-electron chi connectivity index (χ2n) is 4.07. The summed E-state index contributed by atoms with van der Waals surface area (Å²) in [6.07, 6.45) is 0.650. The van der Waals surface area contributed by atoms with E-state index in [1.807, 2.05) is 0 Å². The van der Waals surface area contributed by atoms with Crippen molar-refractivity contribution in [1.82, 2.24) is 9.97 Å². The molecular weight excluding hydrogens is 270 g/mol. The van der Waals surface area contributed by atoms with Crippen LogP contribution in [0.4, 0.5) is 16.4 Å². The molecular formula is C10H11N5O3S. The van der Waals surface area contributed by atoms with E-state index in [0.717, 1.165) is 0 Å². The number of ether oxygens (including phenoxy) is 1. The van der Waals surface area contributed by atoms with Crippen LogP contribution in [0.2, 0.25) is 0 Å². The highest BCUT2D eigenvalue weighted by Gasteiger charge is 2.33. The first-order valence-corrected chi connectivity index (χ1v) is 6.64. The fraction of sp³-hybridized carbons (Fsp3) is 0.400. The Bertz CT molecular complexity index is 552. The third kappa shape index (κ3) is 2.22. The number of carbonyl (C=O) groups is 2. The highest BCUT2D eigenvalue weighted by atomic mass is 32.2. The number of hydrogen-bond donors (Lipinski definition) is 2. The Morgan fingerprint density at radius 2 is 2.42 bits per heavy atom. The minimum atomic E-state index is -0.500. The number of amides is 2. The molecule has 0 radical (unpaired) electrons. The second kappa shape index (κ2) is 4.67. The largest absolute Gasteiger partial charge is 0.443 e. The van der Waals surface area contributed by atoms with Gasteiger partial charge in [0.05, 0.1) is 18.5 Å². The van der Waals surface area contributed by atoms with E-state index >= 15 is 0 Å². The average molecular weight is 281 g/mol. The van der Waals surface area contributed by atoms with Crippen LogP contribution in [0.3, 0.4) is 0 Å². The molecule has 2 aliphatic heterocycles. The van der Waals surface area contributed by atoms with Crippen LogP contribution in [0.15, 0.2) is 11.2 Å². The van der Waals surface area contributed by atoms with E-state index in [0.29, 0.717) is 29.0 Å². The quantitative estimate of drug-likeness (QED) is 0.772. The molecule has 3 heterocycles. The zero-order chi connectivity index (χ0) is 13.4. The summed E-state index contributed by atoms with van der Waals surface area (Å²) in [6.45, 7) is 0.594. The Kier molecular flexibility index (Phi) is 2.99. The van der Waals surface area contributed by atoms with Crippen LogP contribution >= 0.6 is 11.8 Å². The average Bonchev–Trinajstić information content (AvgIpc) is 2.79. The van der Waals surface area contributed by atoms with Gasteiger partial charge >= 0.3 is 6.09 Å². The summed E-state index contributed by atoms with van der Waals surface area (Å²) >= 11 is 1.31. The Morgan fingerprint density at radius 3 is 3.16 bits per heavy atom. The minimum absolute atomic E-state index is 0.132. The third-order valence-corrected chi connectivity index (χ3v) is 3.72. The molecule has 2 amide bonds. The van der Waals surface area contributed by atoms with Gasteiger partial charge < -0.3 is 15.8 Å². The molecule has 0 unspecified atom stereocenters. The maximum atomic E-state index is 11.7. The molecule has 3 N–H and O–H groups in total. The van der Waals surface area contributed by atoms with Gasteiger partial charge in [0.2, 0.25) is 5.91 Å². The predicted molar refractivity (Wildman–Crippen MR) is 68.1 cm³/mol. The van der Waals surface area contributed by atoms with E-state index in [-0.39, 0.29) is 18.6 Å². The van der Waals surface area contributed by atoms with Crippen LogP contribution < -0.4 is 16.0 Å². The maximum Gasteiger partial charge on any atom is 0.416 e. The molecule has 19 heavy (non-hydrogen) atoms. The zero-order valence-electron chi connectivity index (χ0n) is 9.83. The summed E-state index contributed by atoms with van der Waals surface area (Å²) in [6, 6.07) is 0. The molecule has 0 aromatic carbocycles. The number of hydrogen-bond acceptors (Lipinski definition) is 7. The monoisotopic (exact) mass is 281 g/mol. The minimum Gasteiger partial charge on any atom is -0.443 e. The number of nitrogens with two attached hydrogens (primary N) is 1. The lowest BCUT2D eigenvalue weighted by atomic mass is 10.3. The molecule has 1 saturated heterocycles. The molecule has 0 saturated carbocycles. The van der Waals surface area contributed by atoms with Gasteiger partial charge in [0, 0.05) is 6.54 Å². The number of rotatable bonds is 2. The summed E-state index contributed by atoms with van der Waals surface area (Å²) < 4.78 is 5.04. The molecule has 2 aliphatic rings. The van der Waals surface area contributed by atoms with E-state index in [9.17, 15) is 9.59 Å². The summed E-state index contributed by atoms with van der Waals surface area (Å²) in [7, 11) is 0. The Balaban J connectivity index is 1.88. The van der Waals surface area contributed by atoms with E-state index in [1.54, 1.807) is 0 Å². The number of fused-ring (bicyclic) bond motifs is 1. The van der Waals surface area contributed by atoms with Gasteiger partial charge in [0.25, 0.3) is 0 Å². The zero-order valence-corrected chi connectivity index (χ0v) is 10.6. The molecule has 0 spiro atoms. The van der Waals surface area contributed by atoms with Gasteiger partial charge in [-0.2, -0.15) is 0 Å². The number of nitrogens with zero attached hydrogens (tertiary/aromatic N) is 3. The third-order valence-electron chi connectivity index (χ3n) is 2.74. The summed E-state index contributed by atoms with van der Waals surface area (Å²) in [5.74, 6) is 0.917. The van der Waals surface area contributed by atoms with E-state index in [2.05, 4.69) is 15.3 Å². The van der Waals surface area contributed by atoms with Crippen molar-refractivity contribution >= 4 is 35.4 Å². The molecule has 1 aromatic heterocycles. The molecule has 1 aromatic rings. The molecule has 0 aliphatic carbocycles. The van der Waals surface area contributed by atoms with E-state index < -0.39 is 6.09 Å². The molecule has 100 valence electrons. The number of cyclic esters (lactones) is 1. The van der Waals surface area contributed by atoms with Gasteiger partial charge in [-0.15, -0.1) is 0 Å². The first-order valence-electron chi connectivity index (χ1n) is 5.65. The Morgan fingerprint density at radius 1 is 1.58 bits per heavy atom. The van der Waals surface area contributed by atoms with Crippen LogP contribution in [0, 0.1) is 0 Å². The van der Waals surface area contributed by atoms with Crippen LogP contribution in [-0.4, -0.2) is 46.9 Å². The van der Waals surface area contributed by atoms with Gasteiger partial charge in [0.15, 0.2) is 11.6 Å². The highest BCUT2D eigenvalue weighted by molar-refractivity contribution is 8.00. The number of nitrogens with one attached hydrogen (secondary N) is 1. The normalized spacial score (nSPS) is 21.9. The standard InChI is InChI=1S/C10H11N5O3S/c11-1-5-3-15(10(17)18-5)6-2-12-9-8(13-6)14-7(16)4-19-9/h2,5H,1,3-4,11H2,(H,13,14,16)/t5-/m0/s1. The highest BCUT2D eigenvalue weighted by Crippen LogP contribution is 2.30. The molecule has 9 heteroatoms. The number of thioether (sulfide) groups is 1. The van der Waals surface area contributed by atoms with Crippen LogP contribution in [0.25, 0.3) is 0 Å². The van der Waals surface area contributed by atoms with E-state index in [1.165, 1.54) is 22.9 Å². The van der Waals surface area contributed by atoms with Crippen molar-refractivity contribution in [3.8, 4) is 0 Å². The predicted octanol–water partition coefficient (Wildman–Crippen LogP) is -0.195. The van der Waals surface area contributed by atoms with Crippen molar-refractivity contribution in [2.24, 2.45) is 5.73 Å². The molecule has 8 nitrogen and oxygen atoms in total. The van der Waals surface area contributed by atoms with E-state index in [4.69, 9.17) is 10.5 Å². The summed E-state index contributed by atoms with van der Waals surface area (Å²) in [5, 5.41) is 3.27. The second-order valence-corrected chi connectivity index (χ2v) is 5.03. The maximum absolute atomic E-state index is 11.7. The lowest BCUT2D eigenvalue weighted by Gasteiger charge is -2.17. The molecule has 3 rings (SSSR count). The van der Waals surface area contributed by atoms with Crippen LogP contribution in [-0.2, 0) is 9.53 Å². The van der Waals surface area contributed by atoms with Gasteiger partial charge in [0.1, 0.15) is 11.1 Å². The van der Waals surface area contributed by atoms with Gasteiger partial charge in [-0.1, -0.05) is 11.8 Å². The van der Waals surface area contributed by atoms with Crippen molar-refractivity contribution in [3.05, 3.63) is 6.20 Å². The Labute approximate surface area is 112 Å². The van der Waals surface area contributed by atoms with Gasteiger partial charge in [-0.25, -0.2) is 14.8 Å². The number of aromatic nitrogens is 2. The SMILES string of the molecule is NC[C@H]1CN(c2cnc3c(n2)NC(=O)CS3)C(=O)O1. The van der Waals surface area contributed by atoms with Gasteiger partial charge in [-0.05, 0) is 0 Å². The number of anilines is 2. The van der Waals surface area contributed by atoms with Gasteiger partial charge in [-0.3, -0.25) is 9.69 Å². The summed E-state index contributed by atoms with van der Waals surface area (Å²) in [5.41, 5.74) is 5.47. The number of carbonyl (C=O) groups excluding carboxylic acids is 2. The van der Waals surface area contributed by atoms with Crippen LogP contribution in [0.5, 0.6) is 0 Å². The lowest BCUT2D eigenvalue weighted by molar-refractivity contribution is -0.113. The smallest absolute Gasteiger partial charge is 0.416 e. The van der Waals surface area contributed by atoms with Crippen molar-refractivity contribution in [2.45, 2.75) is 11.1 Å². The van der Waals surface area contributed by atoms with Crippen molar-refractivity contribution in [3.63, 3.8) is 0 Å². The first-order chi connectivity index (χ1) is 9.17. The fourth-order valence-electron chi connectivity index (χ4n) is 1.82. The summed E-state index contributed by atoms with van der Waals surface area (Å²) in [4.78, 5) is 32.7. The molecule has 1 fully saturated rings. The fourth-order valence-corrected chi connectivity index (χ4v) is 2.52. The first kappa shape index (κ1) is 12.2. The molecule has 1 atom stereocenters. The van der Waals surface area contributed by atoms with Crippen molar-refractivity contribution in [2.75, 3.05) is 29.1 Å². The Hall–Kier alpha value is -1.87. The topological polar surface area (TPSA) is 110 Å². The molecule has 0 bridgehead atoms. The van der Waals surface area contributed by atoms with Crippen LogP contribution in [0.1, 0.15) is 0 Å². The van der Waals surface area contributed by atoms with Crippen molar-refractivity contribution < 1.29 is 14.3 Å². The lowest BCUT2D eigenvalue weighted by Crippen LogP contribution is -2.29. The van der Waals surface area contributed by atoms with Crippen molar-refractivity contribution in [1.29, 1.82) is 0 Å².